The molecule has 0 bridgehead atoms. The van der Waals surface area contributed by atoms with Gasteiger partial charge >= 0.3 is 0 Å². The number of amides is 1. The van der Waals surface area contributed by atoms with Gasteiger partial charge in [0.1, 0.15) is 5.82 Å². The lowest BCUT2D eigenvalue weighted by molar-refractivity contribution is 0.0733. The van der Waals surface area contributed by atoms with Crippen LogP contribution in [0.4, 0.5) is 4.39 Å². The van der Waals surface area contributed by atoms with Crippen molar-refractivity contribution in [2.45, 2.75) is 13.8 Å². The molecule has 24 heavy (non-hydrogen) atoms. The van der Waals surface area contributed by atoms with Crippen LogP contribution in [0.25, 0.3) is 5.69 Å². The van der Waals surface area contributed by atoms with Crippen LogP contribution in [0.15, 0.2) is 34.9 Å². The normalized spacial score (nSPS) is 11.1. The maximum atomic E-state index is 13.0. The third kappa shape index (κ3) is 4.78. The first-order valence-corrected chi connectivity index (χ1v) is 7.99. The molecule has 0 spiro atoms. The SMILES string of the molecule is CN(CC(C)(C)CN)C(=O)c1nn(-c2ccc(F)cc2)cc1Br.Cl. The van der Waals surface area contributed by atoms with E-state index < -0.39 is 0 Å². The first kappa shape index (κ1) is 20.6. The van der Waals surface area contributed by atoms with E-state index in [-0.39, 0.29) is 29.5 Å². The Labute approximate surface area is 155 Å². The van der Waals surface area contributed by atoms with Gasteiger partial charge in [-0.3, -0.25) is 4.79 Å². The number of hydrogen-bond acceptors (Lipinski definition) is 3. The van der Waals surface area contributed by atoms with E-state index in [1.165, 1.54) is 12.1 Å². The smallest absolute Gasteiger partial charge is 0.275 e. The number of halogens is 3. The fourth-order valence-electron chi connectivity index (χ4n) is 2.18. The standard InChI is InChI=1S/C16H20BrFN4O.ClH/c1-16(2,9-19)10-21(3)15(23)14-13(17)8-22(20-14)12-6-4-11(18)5-7-12;/h4-8H,9-10,19H2,1-3H3;1H. The van der Waals surface area contributed by atoms with Crippen LogP contribution >= 0.6 is 28.3 Å². The Kier molecular flexibility index (Phi) is 6.95. The molecule has 0 fully saturated rings. The Morgan fingerprint density at radius 1 is 1.38 bits per heavy atom. The van der Waals surface area contributed by atoms with Gasteiger partial charge in [-0.2, -0.15) is 5.10 Å². The predicted octanol–water partition coefficient (Wildman–Crippen LogP) is 3.25. The molecular formula is C16H21BrClFN4O. The van der Waals surface area contributed by atoms with E-state index in [9.17, 15) is 9.18 Å². The third-order valence-corrected chi connectivity index (χ3v) is 4.11. The lowest BCUT2D eigenvalue weighted by atomic mass is 9.93. The molecular weight excluding hydrogens is 399 g/mol. The Hall–Kier alpha value is -1.44. The summed E-state index contributed by atoms with van der Waals surface area (Å²) < 4.78 is 15.1. The highest BCUT2D eigenvalue weighted by atomic mass is 79.9. The molecule has 2 N–H and O–H groups in total. The molecule has 1 heterocycles. The van der Waals surface area contributed by atoms with Crippen LogP contribution in [0, 0.1) is 11.2 Å². The molecule has 0 aliphatic rings. The van der Waals surface area contributed by atoms with Gasteiger partial charge in [0.05, 0.1) is 10.2 Å². The van der Waals surface area contributed by atoms with E-state index in [0.29, 0.717) is 28.9 Å². The number of rotatable bonds is 5. The Balaban J connectivity index is 0.00000288. The second kappa shape index (κ2) is 8.09. The van der Waals surface area contributed by atoms with Crippen molar-refractivity contribution in [3.8, 4) is 5.69 Å². The lowest BCUT2D eigenvalue weighted by Gasteiger charge is -2.28. The number of aromatic nitrogens is 2. The van der Waals surface area contributed by atoms with E-state index in [1.807, 2.05) is 13.8 Å². The molecule has 0 atom stereocenters. The molecule has 0 aliphatic heterocycles. The second-order valence-electron chi connectivity index (χ2n) is 6.28. The first-order valence-electron chi connectivity index (χ1n) is 7.20. The molecule has 0 radical (unpaired) electrons. The van der Waals surface area contributed by atoms with Crippen molar-refractivity contribution in [2.24, 2.45) is 11.1 Å². The van der Waals surface area contributed by atoms with Crippen molar-refractivity contribution in [2.75, 3.05) is 20.1 Å². The van der Waals surface area contributed by atoms with Gasteiger partial charge in [-0.1, -0.05) is 13.8 Å². The fraction of sp³-hybridized carbons (Fsp3) is 0.375. The highest BCUT2D eigenvalue weighted by molar-refractivity contribution is 9.10. The molecule has 0 unspecified atom stereocenters. The van der Waals surface area contributed by atoms with Crippen molar-refractivity contribution in [3.63, 3.8) is 0 Å². The van der Waals surface area contributed by atoms with Gasteiger partial charge in [-0.25, -0.2) is 9.07 Å². The molecule has 1 aromatic carbocycles. The molecule has 5 nitrogen and oxygen atoms in total. The van der Waals surface area contributed by atoms with Gasteiger partial charge in [0, 0.05) is 19.8 Å². The minimum absolute atomic E-state index is 0. The van der Waals surface area contributed by atoms with Crippen molar-refractivity contribution in [1.82, 2.24) is 14.7 Å². The van der Waals surface area contributed by atoms with Gasteiger partial charge in [-0.05, 0) is 52.2 Å². The number of nitrogens with two attached hydrogens (primary N) is 1. The molecule has 0 aliphatic carbocycles. The molecule has 1 aromatic heterocycles. The van der Waals surface area contributed by atoms with Gasteiger partial charge in [0.2, 0.25) is 0 Å². The second-order valence-corrected chi connectivity index (χ2v) is 7.13. The quantitative estimate of drug-likeness (QED) is 0.809. The summed E-state index contributed by atoms with van der Waals surface area (Å²) in [6.45, 7) is 5.01. The molecule has 2 aromatic rings. The largest absolute Gasteiger partial charge is 0.340 e. The van der Waals surface area contributed by atoms with Crippen LogP contribution < -0.4 is 5.73 Å². The summed E-state index contributed by atoms with van der Waals surface area (Å²) in [5, 5.41) is 4.31. The predicted molar refractivity (Wildman–Crippen MR) is 98.3 cm³/mol. The van der Waals surface area contributed by atoms with E-state index >= 15 is 0 Å². The zero-order valence-electron chi connectivity index (χ0n) is 13.8. The van der Waals surface area contributed by atoms with Gasteiger partial charge < -0.3 is 10.6 Å². The number of hydrogen-bond donors (Lipinski definition) is 1. The number of nitrogens with zero attached hydrogens (tertiary/aromatic N) is 3. The molecule has 0 saturated heterocycles. The summed E-state index contributed by atoms with van der Waals surface area (Å²) >= 11 is 3.36. The van der Waals surface area contributed by atoms with Gasteiger partial charge in [0.25, 0.3) is 5.91 Å². The first-order chi connectivity index (χ1) is 10.7. The molecule has 8 heteroatoms. The summed E-state index contributed by atoms with van der Waals surface area (Å²) in [6, 6.07) is 5.90. The van der Waals surface area contributed by atoms with Crippen molar-refractivity contribution >= 4 is 34.2 Å². The summed E-state index contributed by atoms with van der Waals surface area (Å²) in [5.74, 6) is -0.515. The maximum absolute atomic E-state index is 13.0. The summed E-state index contributed by atoms with van der Waals surface area (Å²) in [7, 11) is 1.73. The Morgan fingerprint density at radius 2 is 1.96 bits per heavy atom. The number of carbonyl (C=O) groups excluding carboxylic acids is 1. The van der Waals surface area contributed by atoms with Gasteiger partial charge in [0.15, 0.2) is 5.69 Å². The molecule has 0 saturated carbocycles. The zero-order valence-corrected chi connectivity index (χ0v) is 16.2. The minimum Gasteiger partial charge on any atom is -0.340 e. The van der Waals surface area contributed by atoms with Crippen molar-refractivity contribution in [1.29, 1.82) is 0 Å². The van der Waals surface area contributed by atoms with Crippen LogP contribution in [0.1, 0.15) is 24.3 Å². The summed E-state index contributed by atoms with van der Waals surface area (Å²) in [6.07, 6.45) is 1.68. The van der Waals surface area contributed by atoms with Crippen LogP contribution in [-0.2, 0) is 0 Å². The van der Waals surface area contributed by atoms with E-state index in [4.69, 9.17) is 5.73 Å². The fourth-order valence-corrected chi connectivity index (χ4v) is 2.63. The van der Waals surface area contributed by atoms with Crippen LogP contribution in [-0.4, -0.2) is 40.7 Å². The topological polar surface area (TPSA) is 64.2 Å². The zero-order chi connectivity index (χ0) is 17.2. The van der Waals surface area contributed by atoms with E-state index in [2.05, 4.69) is 21.0 Å². The number of benzene rings is 1. The van der Waals surface area contributed by atoms with Crippen LogP contribution in [0.2, 0.25) is 0 Å². The van der Waals surface area contributed by atoms with E-state index in [1.54, 1.807) is 35.0 Å². The molecule has 132 valence electrons. The Morgan fingerprint density at radius 3 is 2.50 bits per heavy atom. The monoisotopic (exact) mass is 418 g/mol. The molecule has 2 rings (SSSR count). The van der Waals surface area contributed by atoms with E-state index in [0.717, 1.165) is 0 Å². The Bertz CT molecular complexity index is 703. The van der Waals surface area contributed by atoms with Crippen molar-refractivity contribution < 1.29 is 9.18 Å². The van der Waals surface area contributed by atoms with Crippen molar-refractivity contribution in [3.05, 3.63) is 46.4 Å². The minimum atomic E-state index is -0.319. The average Bonchev–Trinajstić information content (AvgIpc) is 2.88. The maximum Gasteiger partial charge on any atom is 0.275 e. The third-order valence-electron chi connectivity index (χ3n) is 3.53. The lowest BCUT2D eigenvalue weighted by Crippen LogP contribution is -2.40. The van der Waals surface area contributed by atoms with Gasteiger partial charge in [-0.15, -0.1) is 12.4 Å². The highest BCUT2D eigenvalue weighted by Crippen LogP contribution is 2.21. The summed E-state index contributed by atoms with van der Waals surface area (Å²) in [4.78, 5) is 14.2. The van der Waals surface area contributed by atoms with Crippen LogP contribution in [0.5, 0.6) is 0 Å². The number of carbonyl (C=O) groups is 1. The van der Waals surface area contributed by atoms with Crippen LogP contribution in [0.3, 0.4) is 0 Å². The highest BCUT2D eigenvalue weighted by Gasteiger charge is 2.25. The molecule has 1 amide bonds. The average molecular weight is 420 g/mol. The summed E-state index contributed by atoms with van der Waals surface area (Å²) in [5.41, 5.74) is 6.53.